The van der Waals surface area contributed by atoms with E-state index >= 15 is 0 Å². The molecule has 11 heavy (non-hydrogen) atoms. The fourth-order valence-corrected chi connectivity index (χ4v) is 2.03. The van der Waals surface area contributed by atoms with E-state index in [1.165, 1.54) is 19.5 Å². The topological polar surface area (TPSA) is 12.0 Å². The Labute approximate surface area is 72.1 Å². The van der Waals surface area contributed by atoms with Crippen LogP contribution in [0.4, 0.5) is 0 Å². The molecule has 0 aliphatic carbocycles. The maximum Gasteiger partial charge on any atom is 0.000829 e. The second-order valence-electron chi connectivity index (χ2n) is 4.61. The van der Waals surface area contributed by atoms with Gasteiger partial charge in [0.15, 0.2) is 0 Å². The van der Waals surface area contributed by atoms with Crippen LogP contribution >= 0.6 is 0 Å². The fraction of sp³-hybridized carbons (Fsp3) is 1.00. The SMILES string of the molecule is CC(C)C(C)C1(C)CCNC1.[HH]. The highest BCUT2D eigenvalue weighted by Gasteiger charge is 2.35. The van der Waals surface area contributed by atoms with E-state index in [1.807, 2.05) is 0 Å². The van der Waals surface area contributed by atoms with Crippen molar-refractivity contribution in [3.63, 3.8) is 0 Å². The molecule has 0 amide bonds. The Morgan fingerprint density at radius 2 is 2.00 bits per heavy atom. The molecule has 1 saturated heterocycles. The molecule has 1 fully saturated rings. The Balaban J connectivity index is 0.00000121. The van der Waals surface area contributed by atoms with Crippen LogP contribution in [0.1, 0.15) is 35.5 Å². The van der Waals surface area contributed by atoms with Crippen molar-refractivity contribution in [2.24, 2.45) is 17.3 Å². The van der Waals surface area contributed by atoms with E-state index in [9.17, 15) is 0 Å². The molecule has 0 spiro atoms. The smallest absolute Gasteiger partial charge is 0.000829 e. The summed E-state index contributed by atoms with van der Waals surface area (Å²) in [6.45, 7) is 11.9. The molecule has 2 unspecified atom stereocenters. The first-order chi connectivity index (χ1) is 5.06. The van der Waals surface area contributed by atoms with Crippen LogP contribution < -0.4 is 5.32 Å². The summed E-state index contributed by atoms with van der Waals surface area (Å²) in [4.78, 5) is 0. The van der Waals surface area contributed by atoms with Crippen molar-refractivity contribution in [2.45, 2.75) is 34.1 Å². The van der Waals surface area contributed by atoms with Gasteiger partial charge in [0.1, 0.15) is 0 Å². The molecule has 0 aromatic carbocycles. The molecule has 1 heteroatoms. The minimum absolute atomic E-state index is 0. The maximum absolute atomic E-state index is 3.45. The van der Waals surface area contributed by atoms with Crippen LogP contribution in [0.3, 0.4) is 0 Å². The summed E-state index contributed by atoms with van der Waals surface area (Å²) in [6, 6.07) is 0. The first-order valence-electron chi connectivity index (χ1n) is 4.77. The summed E-state index contributed by atoms with van der Waals surface area (Å²) < 4.78 is 0. The van der Waals surface area contributed by atoms with E-state index in [4.69, 9.17) is 0 Å². The Kier molecular flexibility index (Phi) is 2.58. The molecule has 1 nitrogen and oxygen atoms in total. The number of nitrogens with one attached hydrogen (secondary N) is 1. The first kappa shape index (κ1) is 9.05. The van der Waals surface area contributed by atoms with Crippen molar-refractivity contribution in [2.75, 3.05) is 13.1 Å². The van der Waals surface area contributed by atoms with Crippen molar-refractivity contribution in [3.8, 4) is 0 Å². The van der Waals surface area contributed by atoms with Gasteiger partial charge >= 0.3 is 0 Å². The Morgan fingerprint density at radius 3 is 2.36 bits per heavy atom. The standard InChI is InChI=1S/C10H21N.H2/c1-8(2)9(3)10(4)5-6-11-7-10;/h8-9,11H,5-7H2,1-4H3;1H. The average Bonchev–Trinajstić information content (AvgIpc) is 2.35. The lowest BCUT2D eigenvalue weighted by Gasteiger charge is -2.33. The Bertz CT molecular complexity index is 128. The molecule has 1 aliphatic heterocycles. The van der Waals surface area contributed by atoms with Crippen molar-refractivity contribution < 1.29 is 1.43 Å². The third kappa shape index (κ3) is 1.76. The van der Waals surface area contributed by atoms with Gasteiger partial charge in [0, 0.05) is 7.97 Å². The van der Waals surface area contributed by atoms with Crippen molar-refractivity contribution in [1.82, 2.24) is 5.32 Å². The molecule has 1 rings (SSSR count). The predicted octanol–water partition coefficient (Wildman–Crippen LogP) is 2.52. The Hall–Kier alpha value is -0.0400. The van der Waals surface area contributed by atoms with Gasteiger partial charge in [-0.25, -0.2) is 0 Å². The summed E-state index contributed by atoms with van der Waals surface area (Å²) in [5.41, 5.74) is 0.564. The zero-order valence-electron chi connectivity index (χ0n) is 8.28. The van der Waals surface area contributed by atoms with Gasteiger partial charge in [0.05, 0.1) is 0 Å². The second kappa shape index (κ2) is 3.14. The molecular weight excluding hydrogens is 134 g/mol. The van der Waals surface area contributed by atoms with Crippen LogP contribution in [0.2, 0.25) is 0 Å². The van der Waals surface area contributed by atoms with Crippen LogP contribution in [0.25, 0.3) is 0 Å². The van der Waals surface area contributed by atoms with Crippen LogP contribution in [0.15, 0.2) is 0 Å². The minimum atomic E-state index is 0. The van der Waals surface area contributed by atoms with Crippen LogP contribution in [0, 0.1) is 17.3 Å². The summed E-state index contributed by atoms with van der Waals surface area (Å²) in [5, 5.41) is 3.45. The van der Waals surface area contributed by atoms with E-state index in [-0.39, 0.29) is 1.43 Å². The summed E-state index contributed by atoms with van der Waals surface area (Å²) in [7, 11) is 0. The average molecular weight is 157 g/mol. The fourth-order valence-electron chi connectivity index (χ4n) is 2.03. The molecular formula is C10H23N. The van der Waals surface area contributed by atoms with Gasteiger partial charge in [-0.05, 0) is 30.2 Å². The van der Waals surface area contributed by atoms with E-state index in [2.05, 4.69) is 33.0 Å². The highest BCUT2D eigenvalue weighted by atomic mass is 14.9. The summed E-state index contributed by atoms with van der Waals surface area (Å²) in [6.07, 6.45) is 1.35. The summed E-state index contributed by atoms with van der Waals surface area (Å²) in [5.74, 6) is 1.66. The number of hydrogen-bond donors (Lipinski definition) is 1. The van der Waals surface area contributed by atoms with E-state index in [1.54, 1.807) is 0 Å². The van der Waals surface area contributed by atoms with Gasteiger partial charge in [-0.1, -0.05) is 27.7 Å². The lowest BCUT2D eigenvalue weighted by molar-refractivity contribution is 0.175. The monoisotopic (exact) mass is 157 g/mol. The largest absolute Gasteiger partial charge is 0.316 e. The molecule has 0 saturated carbocycles. The molecule has 68 valence electrons. The maximum atomic E-state index is 3.45. The molecule has 0 aromatic heterocycles. The van der Waals surface area contributed by atoms with Gasteiger partial charge in [-0.3, -0.25) is 0 Å². The highest BCUT2D eigenvalue weighted by Crippen LogP contribution is 2.37. The quantitative estimate of drug-likeness (QED) is 0.649. The molecule has 1 N–H and O–H groups in total. The number of rotatable bonds is 2. The number of hydrogen-bond acceptors (Lipinski definition) is 1. The zero-order chi connectivity index (χ0) is 8.48. The van der Waals surface area contributed by atoms with Crippen LogP contribution in [0.5, 0.6) is 0 Å². The van der Waals surface area contributed by atoms with Crippen LogP contribution in [-0.4, -0.2) is 13.1 Å². The molecule has 0 radical (unpaired) electrons. The van der Waals surface area contributed by atoms with Crippen molar-refractivity contribution in [3.05, 3.63) is 0 Å². The molecule has 1 heterocycles. The third-order valence-electron chi connectivity index (χ3n) is 3.50. The van der Waals surface area contributed by atoms with Gasteiger partial charge in [-0.15, -0.1) is 0 Å². The van der Waals surface area contributed by atoms with Crippen LogP contribution in [-0.2, 0) is 0 Å². The summed E-state index contributed by atoms with van der Waals surface area (Å²) >= 11 is 0. The van der Waals surface area contributed by atoms with Crippen molar-refractivity contribution >= 4 is 0 Å². The van der Waals surface area contributed by atoms with Gasteiger partial charge in [0.2, 0.25) is 0 Å². The lowest BCUT2D eigenvalue weighted by Crippen LogP contribution is -2.31. The zero-order valence-corrected chi connectivity index (χ0v) is 8.28. The molecule has 1 aliphatic rings. The Morgan fingerprint density at radius 1 is 1.36 bits per heavy atom. The minimum Gasteiger partial charge on any atom is -0.316 e. The van der Waals surface area contributed by atoms with Gasteiger partial charge < -0.3 is 5.32 Å². The van der Waals surface area contributed by atoms with Crippen molar-refractivity contribution in [1.29, 1.82) is 0 Å². The van der Waals surface area contributed by atoms with Gasteiger partial charge in [0.25, 0.3) is 0 Å². The normalized spacial score (nSPS) is 34.6. The second-order valence-corrected chi connectivity index (χ2v) is 4.61. The van der Waals surface area contributed by atoms with E-state index < -0.39 is 0 Å². The third-order valence-corrected chi connectivity index (χ3v) is 3.50. The molecule has 0 aromatic rings. The predicted molar refractivity (Wildman–Crippen MR) is 51.7 cm³/mol. The molecule has 0 bridgehead atoms. The van der Waals surface area contributed by atoms with Gasteiger partial charge in [-0.2, -0.15) is 0 Å². The molecule has 2 atom stereocenters. The lowest BCUT2D eigenvalue weighted by atomic mass is 9.72. The van der Waals surface area contributed by atoms with E-state index in [0.29, 0.717) is 5.41 Å². The highest BCUT2D eigenvalue weighted by molar-refractivity contribution is 4.88. The first-order valence-corrected chi connectivity index (χ1v) is 4.77. The van der Waals surface area contributed by atoms with E-state index in [0.717, 1.165) is 11.8 Å².